The van der Waals surface area contributed by atoms with Gasteiger partial charge in [-0.25, -0.2) is 4.39 Å². The molecule has 0 heterocycles. The first-order chi connectivity index (χ1) is 12.7. The van der Waals surface area contributed by atoms with E-state index >= 15 is 0 Å². The SMILES string of the molecule is CCCCCCCCCCC(F)CCCCCCCSCC(CO)OC. The van der Waals surface area contributed by atoms with Crippen LogP contribution in [0.25, 0.3) is 0 Å². The summed E-state index contributed by atoms with van der Waals surface area (Å²) in [5.41, 5.74) is 0. The smallest absolute Gasteiger partial charge is 0.100 e. The molecule has 0 radical (unpaired) electrons. The van der Waals surface area contributed by atoms with Crippen molar-refractivity contribution in [2.45, 2.75) is 116 Å². The van der Waals surface area contributed by atoms with E-state index in [4.69, 9.17) is 9.84 Å². The van der Waals surface area contributed by atoms with Crippen LogP contribution in [0.5, 0.6) is 0 Å². The molecule has 158 valence electrons. The molecule has 0 amide bonds. The number of halogens is 1. The Morgan fingerprint density at radius 2 is 1.31 bits per heavy atom. The summed E-state index contributed by atoms with van der Waals surface area (Å²) in [6.07, 6.45) is 17.1. The van der Waals surface area contributed by atoms with Crippen LogP contribution in [-0.4, -0.2) is 42.6 Å². The van der Waals surface area contributed by atoms with Gasteiger partial charge >= 0.3 is 0 Å². The molecule has 26 heavy (non-hydrogen) atoms. The molecule has 0 aromatic heterocycles. The standard InChI is InChI=1S/C22H45FO2S/c1-3-4-5-6-7-8-10-13-16-21(23)17-14-11-9-12-15-18-26-20-22(19-24)25-2/h21-22,24H,3-20H2,1-2H3. The van der Waals surface area contributed by atoms with Crippen molar-refractivity contribution >= 4 is 11.8 Å². The second kappa shape index (κ2) is 21.5. The van der Waals surface area contributed by atoms with Crippen molar-refractivity contribution in [1.29, 1.82) is 0 Å². The number of ether oxygens (including phenoxy) is 1. The van der Waals surface area contributed by atoms with Gasteiger partial charge < -0.3 is 9.84 Å². The summed E-state index contributed by atoms with van der Waals surface area (Å²) in [6.45, 7) is 2.35. The van der Waals surface area contributed by atoms with Crippen molar-refractivity contribution < 1.29 is 14.2 Å². The average molecular weight is 393 g/mol. The fourth-order valence-electron chi connectivity index (χ4n) is 3.15. The number of alkyl halides is 1. The number of hydrogen-bond acceptors (Lipinski definition) is 3. The minimum Gasteiger partial charge on any atom is -0.394 e. The summed E-state index contributed by atoms with van der Waals surface area (Å²) >= 11 is 1.85. The Morgan fingerprint density at radius 3 is 1.81 bits per heavy atom. The molecule has 0 saturated carbocycles. The maximum atomic E-state index is 13.9. The van der Waals surface area contributed by atoms with Crippen LogP contribution in [0.15, 0.2) is 0 Å². The second-order valence-corrected chi connectivity index (χ2v) is 8.68. The molecule has 0 aliphatic carbocycles. The number of methoxy groups -OCH3 is 1. The molecule has 4 heteroatoms. The van der Waals surface area contributed by atoms with Gasteiger partial charge in [-0.3, -0.25) is 0 Å². The maximum absolute atomic E-state index is 13.9. The van der Waals surface area contributed by atoms with Crippen LogP contribution in [0, 0.1) is 0 Å². The van der Waals surface area contributed by atoms with Gasteiger partial charge in [0.25, 0.3) is 0 Å². The maximum Gasteiger partial charge on any atom is 0.100 e. The van der Waals surface area contributed by atoms with Crippen molar-refractivity contribution in [2.24, 2.45) is 0 Å². The molecule has 0 aromatic rings. The number of hydrogen-bond donors (Lipinski definition) is 1. The summed E-state index contributed by atoms with van der Waals surface area (Å²) in [5, 5.41) is 9.02. The van der Waals surface area contributed by atoms with Crippen molar-refractivity contribution in [3.63, 3.8) is 0 Å². The molecule has 0 aliphatic rings. The lowest BCUT2D eigenvalue weighted by atomic mass is 10.0. The van der Waals surface area contributed by atoms with E-state index in [1.165, 1.54) is 70.6 Å². The summed E-state index contributed by atoms with van der Waals surface area (Å²) in [4.78, 5) is 0. The molecule has 0 saturated heterocycles. The fourth-order valence-corrected chi connectivity index (χ4v) is 4.23. The van der Waals surface area contributed by atoms with E-state index < -0.39 is 6.17 Å². The predicted molar refractivity (Wildman–Crippen MR) is 115 cm³/mol. The predicted octanol–water partition coefficient (Wildman–Crippen LogP) is 6.94. The van der Waals surface area contributed by atoms with Gasteiger partial charge in [-0.15, -0.1) is 0 Å². The van der Waals surface area contributed by atoms with Crippen LogP contribution in [0.1, 0.15) is 103 Å². The molecule has 0 aromatic carbocycles. The highest BCUT2D eigenvalue weighted by Crippen LogP contribution is 2.17. The van der Waals surface area contributed by atoms with Crippen LogP contribution in [0.3, 0.4) is 0 Å². The van der Waals surface area contributed by atoms with E-state index in [1.807, 2.05) is 11.8 Å². The quantitative estimate of drug-likeness (QED) is 0.215. The summed E-state index contributed by atoms with van der Waals surface area (Å²) in [7, 11) is 1.65. The minimum atomic E-state index is -0.574. The van der Waals surface area contributed by atoms with Gasteiger partial charge in [-0.1, -0.05) is 84.0 Å². The molecule has 2 atom stereocenters. The van der Waals surface area contributed by atoms with Gasteiger partial charge in [0.2, 0.25) is 0 Å². The van der Waals surface area contributed by atoms with E-state index in [0.29, 0.717) is 0 Å². The third kappa shape index (κ3) is 19.0. The Bertz CT molecular complexity index is 263. The molecule has 1 N–H and O–H groups in total. The van der Waals surface area contributed by atoms with Crippen LogP contribution in [-0.2, 0) is 4.74 Å². The third-order valence-electron chi connectivity index (χ3n) is 5.02. The Hall–Kier alpha value is 0.200. The van der Waals surface area contributed by atoms with Gasteiger partial charge in [-0.2, -0.15) is 11.8 Å². The Balaban J connectivity index is 3.20. The topological polar surface area (TPSA) is 29.5 Å². The van der Waals surface area contributed by atoms with Crippen LogP contribution in [0.4, 0.5) is 4.39 Å². The lowest BCUT2D eigenvalue weighted by Gasteiger charge is -2.11. The Morgan fingerprint density at radius 1 is 0.808 bits per heavy atom. The number of aliphatic hydroxyl groups is 1. The largest absolute Gasteiger partial charge is 0.394 e. The first-order valence-electron chi connectivity index (χ1n) is 11.1. The van der Waals surface area contributed by atoms with Crippen molar-refractivity contribution in [2.75, 3.05) is 25.2 Å². The zero-order valence-electron chi connectivity index (χ0n) is 17.5. The lowest BCUT2D eigenvalue weighted by molar-refractivity contribution is 0.0656. The molecule has 0 aliphatic heterocycles. The molecule has 0 spiro atoms. The van der Waals surface area contributed by atoms with Gasteiger partial charge in [0.15, 0.2) is 0 Å². The lowest BCUT2D eigenvalue weighted by Crippen LogP contribution is -2.18. The molecule has 2 nitrogen and oxygen atoms in total. The molecule has 2 unspecified atom stereocenters. The minimum absolute atomic E-state index is 0.0254. The van der Waals surface area contributed by atoms with Gasteiger partial charge in [0, 0.05) is 12.9 Å². The number of thioether (sulfide) groups is 1. The van der Waals surface area contributed by atoms with Crippen LogP contribution < -0.4 is 0 Å². The van der Waals surface area contributed by atoms with Crippen LogP contribution >= 0.6 is 11.8 Å². The normalized spacial score (nSPS) is 13.8. The van der Waals surface area contributed by atoms with E-state index in [0.717, 1.165) is 37.2 Å². The van der Waals surface area contributed by atoms with E-state index in [1.54, 1.807) is 7.11 Å². The summed E-state index contributed by atoms with van der Waals surface area (Å²) in [6, 6.07) is 0. The second-order valence-electron chi connectivity index (χ2n) is 7.53. The highest BCUT2D eigenvalue weighted by molar-refractivity contribution is 7.99. The molecule has 0 fully saturated rings. The van der Waals surface area contributed by atoms with Crippen molar-refractivity contribution in [1.82, 2.24) is 0 Å². The number of unbranched alkanes of at least 4 members (excludes halogenated alkanes) is 11. The number of rotatable bonds is 21. The summed E-state index contributed by atoms with van der Waals surface area (Å²) in [5.74, 6) is 2.00. The monoisotopic (exact) mass is 392 g/mol. The molecule has 0 rings (SSSR count). The van der Waals surface area contributed by atoms with Gasteiger partial charge in [0.1, 0.15) is 6.17 Å². The Labute approximate surface area is 167 Å². The zero-order chi connectivity index (χ0) is 19.3. The van der Waals surface area contributed by atoms with E-state index in [2.05, 4.69) is 6.92 Å². The van der Waals surface area contributed by atoms with Crippen LogP contribution in [0.2, 0.25) is 0 Å². The Kier molecular flexibility index (Phi) is 21.7. The molecular formula is C22H45FO2S. The summed E-state index contributed by atoms with van der Waals surface area (Å²) < 4.78 is 19.0. The van der Waals surface area contributed by atoms with Gasteiger partial charge in [0.05, 0.1) is 12.7 Å². The highest BCUT2D eigenvalue weighted by Gasteiger charge is 2.06. The molecule has 0 bridgehead atoms. The van der Waals surface area contributed by atoms with E-state index in [9.17, 15) is 4.39 Å². The van der Waals surface area contributed by atoms with Gasteiger partial charge in [-0.05, 0) is 25.0 Å². The highest BCUT2D eigenvalue weighted by atomic mass is 32.2. The first kappa shape index (κ1) is 26.2. The number of aliphatic hydroxyl groups excluding tert-OH is 1. The fraction of sp³-hybridized carbons (Fsp3) is 1.00. The average Bonchev–Trinajstić information content (AvgIpc) is 2.65. The van der Waals surface area contributed by atoms with E-state index in [-0.39, 0.29) is 12.7 Å². The van der Waals surface area contributed by atoms with Crippen molar-refractivity contribution in [3.05, 3.63) is 0 Å². The first-order valence-corrected chi connectivity index (χ1v) is 12.3. The molecular weight excluding hydrogens is 347 g/mol. The third-order valence-corrected chi connectivity index (χ3v) is 6.20. The van der Waals surface area contributed by atoms with Crippen molar-refractivity contribution in [3.8, 4) is 0 Å². The zero-order valence-corrected chi connectivity index (χ0v) is 18.3.